The number of aldehydes is 1. The maximum absolute atomic E-state index is 11.8. The number of phenols is 2. The van der Waals surface area contributed by atoms with Crippen molar-refractivity contribution in [3.05, 3.63) is 22.8 Å². The number of phenolic OH excluding ortho intramolecular Hbond substituents is 2. The lowest BCUT2D eigenvalue weighted by molar-refractivity contribution is -0.120. The molecule has 2 N–H and O–H groups in total. The van der Waals surface area contributed by atoms with E-state index in [-0.39, 0.29) is 47.4 Å². The lowest BCUT2D eigenvalue weighted by Crippen LogP contribution is -2.14. The number of benzene rings is 1. The minimum absolute atomic E-state index is 0.0246. The Morgan fingerprint density at radius 1 is 1.47 bits per heavy atom. The minimum Gasteiger partial charge on any atom is -0.508 e. The van der Waals surface area contributed by atoms with E-state index in [9.17, 15) is 19.8 Å². The van der Waals surface area contributed by atoms with Crippen molar-refractivity contribution in [3.8, 4) is 11.5 Å². The van der Waals surface area contributed by atoms with Crippen LogP contribution in [-0.4, -0.2) is 35.5 Å². The number of hydrogen-bond donors (Lipinski definition) is 2. The van der Waals surface area contributed by atoms with Gasteiger partial charge in [0.1, 0.15) is 17.3 Å². The van der Waals surface area contributed by atoms with E-state index in [1.54, 1.807) is 6.92 Å². The number of carbonyl (C=O) groups excluding carboxylic acids is 2. The fraction of sp³-hybridized carbons (Fsp3) is 0.429. The predicted octanol–water partition coefficient (Wildman–Crippen LogP) is 1.76. The molecule has 0 saturated carbocycles. The molecule has 1 rings (SSSR count). The average molecular weight is 266 g/mol. The predicted molar refractivity (Wildman–Crippen MR) is 69.7 cm³/mol. The molecule has 0 radical (unpaired) electrons. The van der Waals surface area contributed by atoms with Gasteiger partial charge < -0.3 is 14.9 Å². The largest absolute Gasteiger partial charge is 0.508 e. The monoisotopic (exact) mass is 266 g/mol. The summed E-state index contributed by atoms with van der Waals surface area (Å²) in [4.78, 5) is 22.8. The maximum atomic E-state index is 11.8. The molecule has 0 aliphatic carbocycles. The second-order valence-corrected chi connectivity index (χ2v) is 4.53. The average Bonchev–Trinajstić information content (AvgIpc) is 2.36. The van der Waals surface area contributed by atoms with Crippen LogP contribution in [0.3, 0.4) is 0 Å². The summed E-state index contributed by atoms with van der Waals surface area (Å²) in [6.07, 6.45) is 0.470. The Morgan fingerprint density at radius 3 is 2.63 bits per heavy atom. The molecule has 0 saturated heterocycles. The SMILES string of the molecule is COC(C)CC(=O)Cc1cc(O)c(C)c(O)c1C=O. The fourth-order valence-electron chi connectivity index (χ4n) is 1.79. The van der Waals surface area contributed by atoms with Crippen LogP contribution in [0.5, 0.6) is 11.5 Å². The van der Waals surface area contributed by atoms with Crippen molar-refractivity contribution >= 4 is 12.1 Å². The molecular weight excluding hydrogens is 248 g/mol. The summed E-state index contributed by atoms with van der Waals surface area (Å²) in [5.41, 5.74) is 0.598. The second kappa shape index (κ2) is 6.33. The molecule has 0 aliphatic rings. The number of carbonyl (C=O) groups is 2. The summed E-state index contributed by atoms with van der Waals surface area (Å²) in [6.45, 7) is 3.26. The fourth-order valence-corrected chi connectivity index (χ4v) is 1.79. The lowest BCUT2D eigenvalue weighted by Gasteiger charge is -2.12. The van der Waals surface area contributed by atoms with Crippen LogP contribution in [0.4, 0.5) is 0 Å². The van der Waals surface area contributed by atoms with E-state index in [0.717, 1.165) is 0 Å². The van der Waals surface area contributed by atoms with Gasteiger partial charge in [-0.3, -0.25) is 9.59 Å². The first-order valence-corrected chi connectivity index (χ1v) is 5.94. The first-order valence-electron chi connectivity index (χ1n) is 5.94. The van der Waals surface area contributed by atoms with Crippen molar-refractivity contribution < 1.29 is 24.5 Å². The molecule has 0 spiro atoms. The first-order chi connectivity index (χ1) is 8.90. The van der Waals surface area contributed by atoms with Gasteiger partial charge in [0.2, 0.25) is 0 Å². The molecule has 0 aromatic heterocycles. The summed E-state index contributed by atoms with van der Waals surface area (Å²) in [5, 5.41) is 19.4. The van der Waals surface area contributed by atoms with E-state index in [0.29, 0.717) is 11.8 Å². The number of rotatable bonds is 6. The van der Waals surface area contributed by atoms with Crippen molar-refractivity contribution in [1.82, 2.24) is 0 Å². The van der Waals surface area contributed by atoms with Gasteiger partial charge in [0, 0.05) is 25.5 Å². The van der Waals surface area contributed by atoms with Gasteiger partial charge in [-0.25, -0.2) is 0 Å². The Balaban J connectivity index is 3.01. The van der Waals surface area contributed by atoms with Crippen molar-refractivity contribution in [3.63, 3.8) is 0 Å². The lowest BCUT2D eigenvalue weighted by atomic mass is 9.97. The van der Waals surface area contributed by atoms with Crippen LogP contribution in [0.25, 0.3) is 0 Å². The maximum Gasteiger partial charge on any atom is 0.154 e. The molecule has 1 atom stereocenters. The third-order valence-electron chi connectivity index (χ3n) is 3.07. The number of aromatic hydroxyl groups is 2. The molecular formula is C14H18O5. The zero-order valence-electron chi connectivity index (χ0n) is 11.3. The highest BCUT2D eigenvalue weighted by atomic mass is 16.5. The molecule has 5 heteroatoms. The van der Waals surface area contributed by atoms with E-state index in [4.69, 9.17) is 4.74 Å². The third kappa shape index (κ3) is 3.54. The van der Waals surface area contributed by atoms with Crippen molar-refractivity contribution in [2.45, 2.75) is 32.8 Å². The molecule has 19 heavy (non-hydrogen) atoms. The van der Waals surface area contributed by atoms with Crippen LogP contribution in [0.2, 0.25) is 0 Å². The number of hydrogen-bond acceptors (Lipinski definition) is 5. The normalized spacial score (nSPS) is 12.2. The summed E-state index contributed by atoms with van der Waals surface area (Å²) >= 11 is 0. The third-order valence-corrected chi connectivity index (χ3v) is 3.07. The molecule has 0 amide bonds. The molecule has 0 aliphatic heterocycles. The zero-order valence-corrected chi connectivity index (χ0v) is 11.3. The molecule has 1 unspecified atom stereocenters. The topological polar surface area (TPSA) is 83.8 Å². The second-order valence-electron chi connectivity index (χ2n) is 4.53. The Bertz CT molecular complexity index is 493. The van der Waals surface area contributed by atoms with Gasteiger partial charge in [-0.1, -0.05) is 0 Å². The molecule has 104 valence electrons. The molecule has 0 fully saturated rings. The highest BCUT2D eigenvalue weighted by Crippen LogP contribution is 2.32. The van der Waals surface area contributed by atoms with E-state index in [1.807, 2.05) is 0 Å². The van der Waals surface area contributed by atoms with Gasteiger partial charge in [0.05, 0.1) is 11.7 Å². The summed E-state index contributed by atoms with van der Waals surface area (Å²) in [7, 11) is 1.51. The number of ether oxygens (including phenoxy) is 1. The Morgan fingerprint density at radius 2 is 2.11 bits per heavy atom. The van der Waals surface area contributed by atoms with Crippen LogP contribution in [0, 0.1) is 6.92 Å². The number of ketones is 1. The van der Waals surface area contributed by atoms with E-state index >= 15 is 0 Å². The van der Waals surface area contributed by atoms with Crippen molar-refractivity contribution in [1.29, 1.82) is 0 Å². The van der Waals surface area contributed by atoms with Gasteiger partial charge in [0.15, 0.2) is 6.29 Å². The Kier molecular flexibility index (Phi) is 5.06. The smallest absolute Gasteiger partial charge is 0.154 e. The Hall–Kier alpha value is -1.88. The van der Waals surface area contributed by atoms with E-state index in [2.05, 4.69) is 0 Å². The van der Waals surface area contributed by atoms with Gasteiger partial charge >= 0.3 is 0 Å². The van der Waals surface area contributed by atoms with Gasteiger partial charge in [-0.15, -0.1) is 0 Å². The standard InChI is InChI=1S/C14H18O5/c1-8(19-3)4-11(16)5-10-6-13(17)9(2)14(18)12(10)7-15/h6-8,17-18H,4-5H2,1-3H3. The summed E-state index contributed by atoms with van der Waals surface area (Å²) in [5.74, 6) is -0.539. The highest BCUT2D eigenvalue weighted by molar-refractivity contribution is 5.88. The van der Waals surface area contributed by atoms with Crippen LogP contribution in [0.15, 0.2) is 6.07 Å². The molecule has 1 aromatic rings. The van der Waals surface area contributed by atoms with Crippen LogP contribution in [-0.2, 0) is 16.0 Å². The van der Waals surface area contributed by atoms with Gasteiger partial charge in [-0.05, 0) is 25.5 Å². The van der Waals surface area contributed by atoms with E-state index < -0.39 is 0 Å². The van der Waals surface area contributed by atoms with Crippen molar-refractivity contribution in [2.24, 2.45) is 0 Å². The molecule has 5 nitrogen and oxygen atoms in total. The first kappa shape index (κ1) is 15.2. The van der Waals surface area contributed by atoms with Gasteiger partial charge in [-0.2, -0.15) is 0 Å². The van der Waals surface area contributed by atoms with Crippen LogP contribution >= 0.6 is 0 Å². The quantitative estimate of drug-likeness (QED) is 0.766. The minimum atomic E-state index is -0.280. The number of methoxy groups -OCH3 is 1. The highest BCUT2D eigenvalue weighted by Gasteiger charge is 2.17. The number of Topliss-reactive ketones (excluding diaryl/α,β-unsaturated/α-hetero) is 1. The zero-order chi connectivity index (χ0) is 14.6. The molecule has 1 aromatic carbocycles. The molecule has 0 bridgehead atoms. The molecule has 0 heterocycles. The summed E-state index contributed by atoms with van der Waals surface area (Å²) in [6, 6.07) is 1.34. The van der Waals surface area contributed by atoms with Gasteiger partial charge in [0.25, 0.3) is 0 Å². The van der Waals surface area contributed by atoms with Crippen LogP contribution in [0.1, 0.15) is 34.8 Å². The van der Waals surface area contributed by atoms with Crippen molar-refractivity contribution in [2.75, 3.05) is 7.11 Å². The summed E-state index contributed by atoms with van der Waals surface area (Å²) < 4.78 is 4.99. The van der Waals surface area contributed by atoms with Crippen LogP contribution < -0.4 is 0 Å². The Labute approximate surface area is 111 Å². The van der Waals surface area contributed by atoms with E-state index in [1.165, 1.54) is 20.1 Å².